The molecule has 1 atom stereocenters. The van der Waals surface area contributed by atoms with Crippen LogP contribution < -0.4 is 4.74 Å². The number of aliphatic carboxylic acids is 1. The highest BCUT2D eigenvalue weighted by atomic mass is 16.5. The molecular formula is C14H20O3. The molecule has 1 rings (SSSR count). The quantitative estimate of drug-likeness (QED) is 0.873. The first-order valence-electron chi connectivity index (χ1n) is 5.78. The highest BCUT2D eigenvalue weighted by Gasteiger charge is 2.15. The Morgan fingerprint density at radius 3 is 2.59 bits per heavy atom. The smallest absolute Gasteiger partial charge is 0.307 e. The van der Waals surface area contributed by atoms with Crippen molar-refractivity contribution in [2.75, 3.05) is 0 Å². The van der Waals surface area contributed by atoms with Crippen LogP contribution in [0, 0.1) is 0 Å². The molecule has 1 N–H and O–H groups in total. The van der Waals surface area contributed by atoms with Gasteiger partial charge in [0, 0.05) is 0 Å². The molecule has 3 nitrogen and oxygen atoms in total. The second-order valence-electron chi connectivity index (χ2n) is 5.30. The second-order valence-corrected chi connectivity index (χ2v) is 5.30. The number of carboxylic acid groups (broad SMARTS) is 1. The van der Waals surface area contributed by atoms with Crippen LogP contribution in [0.15, 0.2) is 24.3 Å². The molecule has 0 aromatic heterocycles. The molecule has 94 valence electrons. The fourth-order valence-electron chi connectivity index (χ4n) is 1.56. The van der Waals surface area contributed by atoms with Crippen molar-refractivity contribution in [2.24, 2.45) is 0 Å². The van der Waals surface area contributed by atoms with Crippen LogP contribution in [0.2, 0.25) is 0 Å². The van der Waals surface area contributed by atoms with Crippen LogP contribution >= 0.6 is 0 Å². The van der Waals surface area contributed by atoms with Gasteiger partial charge >= 0.3 is 5.97 Å². The highest BCUT2D eigenvalue weighted by Crippen LogP contribution is 2.26. The second kappa shape index (κ2) is 5.21. The number of benzene rings is 1. The first-order valence-corrected chi connectivity index (χ1v) is 5.78. The van der Waals surface area contributed by atoms with Gasteiger partial charge in [0.2, 0.25) is 0 Å². The minimum atomic E-state index is -0.843. The summed E-state index contributed by atoms with van der Waals surface area (Å²) in [5.41, 5.74) is 1.24. The molecule has 0 aliphatic rings. The molecule has 1 aromatic rings. The van der Waals surface area contributed by atoms with Gasteiger partial charge in [-0.1, -0.05) is 32.9 Å². The third kappa shape index (κ3) is 4.47. The number of hydrogen-bond acceptors (Lipinski definition) is 2. The van der Waals surface area contributed by atoms with Crippen molar-refractivity contribution in [3.8, 4) is 5.75 Å². The van der Waals surface area contributed by atoms with Crippen molar-refractivity contribution >= 4 is 5.97 Å². The van der Waals surface area contributed by atoms with Crippen molar-refractivity contribution in [3.63, 3.8) is 0 Å². The minimum absolute atomic E-state index is 0.0136. The lowest BCUT2D eigenvalue weighted by Gasteiger charge is -2.20. The van der Waals surface area contributed by atoms with Crippen LogP contribution in [-0.2, 0) is 10.2 Å². The first kappa shape index (κ1) is 13.6. The van der Waals surface area contributed by atoms with Gasteiger partial charge in [-0.15, -0.1) is 0 Å². The molecule has 3 heteroatoms. The maximum Gasteiger partial charge on any atom is 0.307 e. The van der Waals surface area contributed by atoms with Crippen molar-refractivity contribution in [1.82, 2.24) is 0 Å². The van der Waals surface area contributed by atoms with Crippen LogP contribution in [0.3, 0.4) is 0 Å². The third-order valence-electron chi connectivity index (χ3n) is 2.50. The monoisotopic (exact) mass is 236 g/mol. The van der Waals surface area contributed by atoms with E-state index in [0.29, 0.717) is 0 Å². The van der Waals surface area contributed by atoms with Gasteiger partial charge in [0.25, 0.3) is 0 Å². The van der Waals surface area contributed by atoms with E-state index in [1.807, 2.05) is 18.2 Å². The summed E-state index contributed by atoms with van der Waals surface area (Å²) in [7, 11) is 0. The van der Waals surface area contributed by atoms with Crippen molar-refractivity contribution in [3.05, 3.63) is 29.8 Å². The maximum absolute atomic E-state index is 10.5. The zero-order valence-electron chi connectivity index (χ0n) is 10.9. The zero-order valence-corrected chi connectivity index (χ0v) is 10.9. The Morgan fingerprint density at radius 1 is 1.41 bits per heavy atom. The Kier molecular flexibility index (Phi) is 4.16. The predicted octanol–water partition coefficient (Wildman–Crippen LogP) is 3.23. The lowest BCUT2D eigenvalue weighted by molar-refractivity contribution is -0.138. The minimum Gasteiger partial charge on any atom is -0.490 e. The average molecular weight is 236 g/mol. The van der Waals surface area contributed by atoms with Crippen molar-refractivity contribution < 1.29 is 14.6 Å². The molecule has 0 unspecified atom stereocenters. The lowest BCUT2D eigenvalue weighted by Crippen LogP contribution is -2.17. The van der Waals surface area contributed by atoms with E-state index in [-0.39, 0.29) is 17.9 Å². The van der Waals surface area contributed by atoms with Gasteiger partial charge < -0.3 is 9.84 Å². The highest BCUT2D eigenvalue weighted by molar-refractivity contribution is 5.67. The Hall–Kier alpha value is -1.51. The van der Waals surface area contributed by atoms with Gasteiger partial charge in [0.15, 0.2) is 0 Å². The van der Waals surface area contributed by atoms with E-state index in [1.54, 1.807) is 6.92 Å². The van der Waals surface area contributed by atoms with Gasteiger partial charge in [0.1, 0.15) is 11.9 Å². The van der Waals surface area contributed by atoms with Crippen LogP contribution in [0.25, 0.3) is 0 Å². The van der Waals surface area contributed by atoms with E-state index < -0.39 is 5.97 Å². The van der Waals surface area contributed by atoms with Gasteiger partial charge in [-0.2, -0.15) is 0 Å². The predicted molar refractivity (Wildman–Crippen MR) is 67.5 cm³/mol. The Bertz CT molecular complexity index is 391. The van der Waals surface area contributed by atoms with E-state index in [2.05, 4.69) is 26.8 Å². The summed E-state index contributed by atoms with van der Waals surface area (Å²) in [4.78, 5) is 10.5. The van der Waals surface area contributed by atoms with Gasteiger partial charge in [-0.05, 0) is 30.0 Å². The molecule has 0 amide bonds. The summed E-state index contributed by atoms with van der Waals surface area (Å²) < 4.78 is 5.58. The summed E-state index contributed by atoms with van der Waals surface area (Å²) in [5.74, 6) is -0.115. The Morgan fingerprint density at radius 2 is 2.06 bits per heavy atom. The van der Waals surface area contributed by atoms with E-state index in [1.165, 1.54) is 5.56 Å². The fourth-order valence-corrected chi connectivity index (χ4v) is 1.56. The summed E-state index contributed by atoms with van der Waals surface area (Å²) in [6, 6.07) is 7.81. The van der Waals surface area contributed by atoms with Crippen LogP contribution in [-0.4, -0.2) is 17.2 Å². The van der Waals surface area contributed by atoms with Crippen LogP contribution in [0.5, 0.6) is 5.75 Å². The van der Waals surface area contributed by atoms with Crippen LogP contribution in [0.1, 0.15) is 39.7 Å². The Balaban J connectivity index is 2.76. The summed E-state index contributed by atoms with van der Waals surface area (Å²) in [5, 5.41) is 8.67. The van der Waals surface area contributed by atoms with Crippen molar-refractivity contribution in [1.29, 1.82) is 0 Å². The maximum atomic E-state index is 10.5. The van der Waals surface area contributed by atoms with Crippen LogP contribution in [0.4, 0.5) is 0 Å². The number of rotatable bonds is 4. The van der Waals surface area contributed by atoms with E-state index >= 15 is 0 Å². The number of carbonyl (C=O) groups is 1. The Labute approximate surface area is 102 Å². The van der Waals surface area contributed by atoms with Gasteiger partial charge in [0.05, 0.1) is 6.42 Å². The molecule has 0 saturated carbocycles. The molecule has 0 bridgehead atoms. The number of carboxylic acids is 1. The van der Waals surface area contributed by atoms with E-state index in [9.17, 15) is 4.79 Å². The number of hydrogen-bond donors (Lipinski definition) is 1. The fraction of sp³-hybridized carbons (Fsp3) is 0.500. The standard InChI is InChI=1S/C14H20O3/c1-10(8-13(15)16)17-12-7-5-6-11(9-12)14(2,3)4/h5-7,9-10H,8H2,1-4H3,(H,15,16)/t10-/m1/s1. The largest absolute Gasteiger partial charge is 0.490 e. The average Bonchev–Trinajstić information content (AvgIpc) is 2.15. The zero-order chi connectivity index (χ0) is 13.1. The van der Waals surface area contributed by atoms with E-state index in [4.69, 9.17) is 9.84 Å². The van der Waals surface area contributed by atoms with Gasteiger partial charge in [-0.25, -0.2) is 0 Å². The molecule has 17 heavy (non-hydrogen) atoms. The summed E-state index contributed by atoms with van der Waals surface area (Å²) in [6.07, 6.45) is -0.303. The molecule has 0 saturated heterocycles. The van der Waals surface area contributed by atoms with E-state index in [0.717, 1.165) is 5.75 Å². The molecule has 0 aliphatic carbocycles. The molecule has 0 heterocycles. The lowest BCUT2D eigenvalue weighted by atomic mass is 9.87. The molecule has 0 fully saturated rings. The molecule has 1 aromatic carbocycles. The molecule has 0 spiro atoms. The SMILES string of the molecule is C[C@H](CC(=O)O)Oc1cccc(C(C)(C)C)c1. The number of ether oxygens (including phenoxy) is 1. The summed E-state index contributed by atoms with van der Waals surface area (Å²) in [6.45, 7) is 8.16. The topological polar surface area (TPSA) is 46.5 Å². The normalized spacial score (nSPS) is 13.2. The van der Waals surface area contributed by atoms with Gasteiger partial charge in [-0.3, -0.25) is 4.79 Å². The molecule has 0 radical (unpaired) electrons. The molecular weight excluding hydrogens is 216 g/mol. The molecule has 0 aliphatic heterocycles. The summed E-state index contributed by atoms with van der Waals surface area (Å²) >= 11 is 0. The first-order chi connectivity index (χ1) is 7.79. The third-order valence-corrected chi connectivity index (χ3v) is 2.50. The van der Waals surface area contributed by atoms with Crippen molar-refractivity contribution in [2.45, 2.75) is 45.6 Å².